The molecule has 9 heteroatoms. The van der Waals surface area contributed by atoms with E-state index in [2.05, 4.69) is 4.98 Å². The summed E-state index contributed by atoms with van der Waals surface area (Å²) >= 11 is 0. The highest BCUT2D eigenvalue weighted by Crippen LogP contribution is 2.48. The number of pyridine rings is 1. The predicted molar refractivity (Wildman–Crippen MR) is 91.3 cm³/mol. The summed E-state index contributed by atoms with van der Waals surface area (Å²) in [4.78, 5) is 28.8. The molecule has 1 aromatic heterocycles. The van der Waals surface area contributed by atoms with Crippen molar-refractivity contribution in [2.24, 2.45) is 5.92 Å². The Morgan fingerprint density at radius 3 is 2.73 bits per heavy atom. The van der Waals surface area contributed by atoms with E-state index >= 15 is 0 Å². The van der Waals surface area contributed by atoms with E-state index in [1.165, 1.54) is 19.2 Å². The first kappa shape index (κ1) is 18.2. The normalized spacial score (nSPS) is 24.0. The molecule has 1 aliphatic carbocycles. The number of carbonyl (C=O) groups is 1. The molecule has 0 radical (unpaired) electrons. The number of hydrogen-bond donors (Lipinski definition) is 0. The second-order valence-corrected chi connectivity index (χ2v) is 7.59. The fraction of sp³-hybridized carbons (Fsp3) is 0.647. The number of nitrogens with zero attached hydrogens (tertiary/aromatic N) is 3. The highest BCUT2D eigenvalue weighted by molar-refractivity contribution is 5.70. The van der Waals surface area contributed by atoms with Crippen molar-refractivity contribution in [2.75, 3.05) is 13.7 Å². The Kier molecular flexibility index (Phi) is 4.64. The standard InChI is InChI=1S/C17H23N3O6/c1-17(2,3)26-16(21)19-11(7-10-8-13(10)19)9-25-15-12(20(22)23)5-6-14(18-15)24-4/h5-6,10-11,13H,7-9H2,1-4H3. The van der Waals surface area contributed by atoms with E-state index in [1.54, 1.807) is 4.90 Å². The van der Waals surface area contributed by atoms with Gasteiger partial charge in [0.2, 0.25) is 5.88 Å². The lowest BCUT2D eigenvalue weighted by atomic mass is 10.2. The van der Waals surface area contributed by atoms with E-state index in [4.69, 9.17) is 14.2 Å². The number of carbonyl (C=O) groups excluding carboxylic acids is 1. The summed E-state index contributed by atoms with van der Waals surface area (Å²) in [7, 11) is 1.42. The molecular weight excluding hydrogens is 342 g/mol. The van der Waals surface area contributed by atoms with E-state index in [0.717, 1.165) is 12.8 Å². The van der Waals surface area contributed by atoms with E-state index in [0.29, 0.717) is 5.92 Å². The number of piperidine rings is 1. The minimum absolute atomic E-state index is 0.112. The second-order valence-electron chi connectivity index (χ2n) is 7.59. The molecule has 3 rings (SSSR count). The van der Waals surface area contributed by atoms with Crippen molar-refractivity contribution in [2.45, 2.75) is 51.3 Å². The van der Waals surface area contributed by atoms with Crippen molar-refractivity contribution in [3.8, 4) is 11.8 Å². The molecule has 9 nitrogen and oxygen atoms in total. The van der Waals surface area contributed by atoms with Gasteiger partial charge in [0, 0.05) is 18.2 Å². The average molecular weight is 365 g/mol. The van der Waals surface area contributed by atoms with Crippen LogP contribution >= 0.6 is 0 Å². The summed E-state index contributed by atoms with van der Waals surface area (Å²) in [5, 5.41) is 11.2. The van der Waals surface area contributed by atoms with Gasteiger partial charge in [-0.1, -0.05) is 0 Å². The first-order chi connectivity index (χ1) is 12.2. The fourth-order valence-electron chi connectivity index (χ4n) is 3.26. The fourth-order valence-corrected chi connectivity index (χ4v) is 3.26. The van der Waals surface area contributed by atoms with Crippen LogP contribution in [0, 0.1) is 16.0 Å². The lowest BCUT2D eigenvalue weighted by Crippen LogP contribution is -2.44. The summed E-state index contributed by atoms with van der Waals surface area (Å²) in [6.07, 6.45) is 1.39. The number of nitro groups is 1. The van der Waals surface area contributed by atoms with Gasteiger partial charge >= 0.3 is 11.8 Å². The molecular formula is C17H23N3O6. The Morgan fingerprint density at radius 1 is 1.38 bits per heavy atom. The van der Waals surface area contributed by atoms with Crippen molar-refractivity contribution < 1.29 is 23.9 Å². The molecule has 0 bridgehead atoms. The van der Waals surface area contributed by atoms with Crippen LogP contribution in [0.3, 0.4) is 0 Å². The molecule has 2 fully saturated rings. The van der Waals surface area contributed by atoms with E-state index < -0.39 is 10.5 Å². The van der Waals surface area contributed by atoms with Crippen molar-refractivity contribution in [1.29, 1.82) is 0 Å². The quantitative estimate of drug-likeness (QED) is 0.583. The van der Waals surface area contributed by atoms with Crippen molar-refractivity contribution in [1.82, 2.24) is 9.88 Å². The van der Waals surface area contributed by atoms with Crippen LogP contribution < -0.4 is 9.47 Å². The van der Waals surface area contributed by atoms with Crippen LogP contribution in [0.2, 0.25) is 0 Å². The highest BCUT2D eigenvalue weighted by Gasteiger charge is 2.55. The molecule has 2 aliphatic rings. The summed E-state index contributed by atoms with van der Waals surface area (Å²) in [5.41, 5.74) is -0.819. The third-order valence-electron chi connectivity index (χ3n) is 4.45. The lowest BCUT2D eigenvalue weighted by Gasteiger charge is -2.30. The molecule has 1 aromatic rings. The predicted octanol–water partition coefficient (Wildman–Crippen LogP) is 2.78. The van der Waals surface area contributed by atoms with Crippen molar-refractivity contribution in [3.05, 3.63) is 22.2 Å². The van der Waals surface area contributed by atoms with E-state index in [-0.39, 0.29) is 42.2 Å². The van der Waals surface area contributed by atoms with Crippen molar-refractivity contribution >= 4 is 11.8 Å². The minimum Gasteiger partial charge on any atom is -0.481 e. The van der Waals surface area contributed by atoms with Crippen LogP contribution in [0.1, 0.15) is 33.6 Å². The molecule has 142 valence electrons. The molecule has 1 saturated heterocycles. The molecule has 1 amide bonds. The second kappa shape index (κ2) is 6.62. The molecule has 3 atom stereocenters. The zero-order valence-corrected chi connectivity index (χ0v) is 15.3. The number of hydrogen-bond acceptors (Lipinski definition) is 7. The third kappa shape index (κ3) is 3.81. The van der Waals surface area contributed by atoms with E-state index in [9.17, 15) is 14.9 Å². The number of likely N-dealkylation sites (tertiary alicyclic amines) is 1. The monoisotopic (exact) mass is 365 g/mol. The van der Waals surface area contributed by atoms with Gasteiger partial charge in [-0.25, -0.2) is 4.79 Å². The van der Waals surface area contributed by atoms with Crippen LogP contribution in [0.5, 0.6) is 11.8 Å². The van der Waals surface area contributed by atoms with Crippen LogP contribution in [-0.4, -0.2) is 52.3 Å². The maximum absolute atomic E-state index is 12.5. The van der Waals surface area contributed by atoms with E-state index in [1.807, 2.05) is 20.8 Å². The number of aromatic nitrogens is 1. The first-order valence-corrected chi connectivity index (χ1v) is 8.53. The molecule has 3 unspecified atom stereocenters. The third-order valence-corrected chi connectivity index (χ3v) is 4.45. The average Bonchev–Trinajstić information content (AvgIpc) is 3.20. The van der Waals surface area contributed by atoms with Crippen molar-refractivity contribution in [3.63, 3.8) is 0 Å². The Labute approximate surface area is 151 Å². The van der Waals surface area contributed by atoms with Gasteiger partial charge in [-0.05, 0) is 39.5 Å². The zero-order valence-electron chi connectivity index (χ0n) is 15.3. The summed E-state index contributed by atoms with van der Waals surface area (Å²) in [6, 6.07) is 2.68. The largest absolute Gasteiger partial charge is 0.481 e. The van der Waals surface area contributed by atoms with Crippen LogP contribution in [0.25, 0.3) is 0 Å². The smallest absolute Gasteiger partial charge is 0.410 e. The lowest BCUT2D eigenvalue weighted by molar-refractivity contribution is -0.386. The zero-order chi connectivity index (χ0) is 19.1. The molecule has 2 heterocycles. The summed E-state index contributed by atoms with van der Waals surface area (Å²) in [5.74, 6) is 0.562. The van der Waals surface area contributed by atoms with Crippen LogP contribution in [0.15, 0.2) is 12.1 Å². The molecule has 26 heavy (non-hydrogen) atoms. The van der Waals surface area contributed by atoms with Gasteiger partial charge in [-0.15, -0.1) is 0 Å². The summed E-state index contributed by atoms with van der Waals surface area (Å²) < 4.78 is 16.1. The van der Waals surface area contributed by atoms with Gasteiger partial charge < -0.3 is 14.2 Å². The number of rotatable bonds is 5. The van der Waals surface area contributed by atoms with Gasteiger partial charge in [0.25, 0.3) is 5.88 Å². The van der Waals surface area contributed by atoms with Gasteiger partial charge in [-0.2, -0.15) is 4.98 Å². The highest BCUT2D eigenvalue weighted by atomic mass is 16.6. The minimum atomic E-state index is -0.581. The van der Waals surface area contributed by atoms with Gasteiger partial charge in [0.1, 0.15) is 12.2 Å². The number of amides is 1. The van der Waals surface area contributed by atoms with Crippen LogP contribution in [0.4, 0.5) is 10.5 Å². The number of ether oxygens (including phenoxy) is 3. The maximum Gasteiger partial charge on any atom is 0.410 e. The van der Waals surface area contributed by atoms with Gasteiger partial charge in [-0.3, -0.25) is 15.0 Å². The Balaban J connectivity index is 1.71. The van der Waals surface area contributed by atoms with Crippen LogP contribution in [-0.2, 0) is 4.74 Å². The summed E-state index contributed by atoms with van der Waals surface area (Å²) in [6.45, 7) is 5.58. The number of methoxy groups -OCH3 is 1. The Bertz CT molecular complexity index is 717. The molecule has 0 aromatic carbocycles. The maximum atomic E-state index is 12.5. The molecule has 1 aliphatic heterocycles. The molecule has 0 N–H and O–H groups in total. The first-order valence-electron chi connectivity index (χ1n) is 8.53. The topological polar surface area (TPSA) is 104 Å². The Hall–Kier alpha value is -2.58. The van der Waals surface area contributed by atoms with Gasteiger partial charge in [0.15, 0.2) is 0 Å². The Morgan fingerprint density at radius 2 is 2.12 bits per heavy atom. The number of fused-ring (bicyclic) bond motifs is 1. The SMILES string of the molecule is COc1ccc([N+](=O)[O-])c(OCC2CC3CC3N2C(=O)OC(C)(C)C)n1. The molecule has 1 saturated carbocycles. The molecule has 0 spiro atoms. The van der Waals surface area contributed by atoms with Gasteiger partial charge in [0.05, 0.1) is 18.1 Å².